The molecule has 1 fully saturated rings. The molecule has 2 rings (SSSR count). The fourth-order valence-corrected chi connectivity index (χ4v) is 1.86. The molecule has 4 nitrogen and oxygen atoms in total. The lowest BCUT2D eigenvalue weighted by atomic mass is 10.1. The first kappa shape index (κ1) is 12.4. The van der Waals surface area contributed by atoms with E-state index in [9.17, 15) is 0 Å². The molecule has 1 aliphatic heterocycles. The summed E-state index contributed by atoms with van der Waals surface area (Å²) < 4.78 is 10.7. The molecule has 0 radical (unpaired) electrons. The zero-order valence-electron chi connectivity index (χ0n) is 10.2. The van der Waals surface area contributed by atoms with Crippen molar-refractivity contribution in [2.45, 2.75) is 25.7 Å². The minimum Gasteiger partial charge on any atom is -0.380 e. The summed E-state index contributed by atoms with van der Waals surface area (Å²) in [5.41, 5.74) is 8.10. The topological polar surface area (TPSA) is 56.5 Å². The summed E-state index contributed by atoms with van der Waals surface area (Å²) in [5, 5.41) is 3.29. The number of hydrogen-bond donors (Lipinski definition) is 2. The van der Waals surface area contributed by atoms with Gasteiger partial charge in [-0.15, -0.1) is 0 Å². The molecule has 0 bridgehead atoms. The van der Waals surface area contributed by atoms with Crippen LogP contribution in [0.4, 0.5) is 5.69 Å². The van der Waals surface area contributed by atoms with Gasteiger partial charge in [0.25, 0.3) is 0 Å². The van der Waals surface area contributed by atoms with Gasteiger partial charge in [0.2, 0.25) is 0 Å². The number of anilines is 1. The van der Waals surface area contributed by atoms with Gasteiger partial charge >= 0.3 is 0 Å². The van der Waals surface area contributed by atoms with Crippen molar-refractivity contribution in [2.75, 3.05) is 25.1 Å². The Morgan fingerprint density at radius 3 is 2.53 bits per heavy atom. The molecule has 0 aromatic heterocycles. The van der Waals surface area contributed by atoms with E-state index in [0.29, 0.717) is 19.8 Å². The molecule has 1 saturated heterocycles. The molecule has 1 heterocycles. The van der Waals surface area contributed by atoms with E-state index in [0.717, 1.165) is 12.1 Å². The highest BCUT2D eigenvalue weighted by molar-refractivity contribution is 5.44. The Bertz CT molecular complexity index is 332. The fraction of sp³-hybridized carbons (Fsp3) is 0.538. The van der Waals surface area contributed by atoms with Crippen molar-refractivity contribution in [1.82, 2.24) is 0 Å². The van der Waals surface area contributed by atoms with Gasteiger partial charge in [0, 0.05) is 11.7 Å². The third-order valence-corrected chi connectivity index (χ3v) is 2.68. The molecule has 0 amide bonds. The zero-order chi connectivity index (χ0) is 12.1. The van der Waals surface area contributed by atoms with E-state index >= 15 is 0 Å². The minimum atomic E-state index is -0.112. The molecular weight excluding hydrogens is 216 g/mol. The molecule has 1 aromatic rings. The molecule has 1 aliphatic rings. The molecular formula is C13H20N2O2. The Morgan fingerprint density at radius 1 is 1.29 bits per heavy atom. The number of benzene rings is 1. The summed E-state index contributed by atoms with van der Waals surface area (Å²) in [5.74, 6) is 0. The van der Waals surface area contributed by atoms with Gasteiger partial charge in [-0.1, -0.05) is 12.1 Å². The number of hydrogen-bond acceptors (Lipinski definition) is 4. The first-order chi connectivity index (χ1) is 8.24. The van der Waals surface area contributed by atoms with Gasteiger partial charge in [-0.05, 0) is 31.0 Å². The average molecular weight is 236 g/mol. The van der Waals surface area contributed by atoms with Crippen molar-refractivity contribution < 1.29 is 9.47 Å². The number of nitrogens with one attached hydrogen (secondary N) is 1. The van der Waals surface area contributed by atoms with Crippen LogP contribution in [0.25, 0.3) is 0 Å². The van der Waals surface area contributed by atoms with Crippen LogP contribution in [0.5, 0.6) is 0 Å². The van der Waals surface area contributed by atoms with Crippen molar-refractivity contribution in [3.8, 4) is 0 Å². The Morgan fingerprint density at radius 2 is 1.94 bits per heavy atom. The number of nitrogens with two attached hydrogens (primary N) is 1. The summed E-state index contributed by atoms with van der Waals surface area (Å²) in [4.78, 5) is 0. The summed E-state index contributed by atoms with van der Waals surface area (Å²) >= 11 is 0. The summed E-state index contributed by atoms with van der Waals surface area (Å²) in [6, 6.07) is 8.53. The predicted molar refractivity (Wildman–Crippen MR) is 68.0 cm³/mol. The second-order valence-corrected chi connectivity index (χ2v) is 4.43. The number of ether oxygens (including phenoxy) is 2. The highest BCUT2D eigenvalue weighted by atomic mass is 16.7. The molecule has 17 heavy (non-hydrogen) atoms. The molecule has 1 atom stereocenters. The lowest BCUT2D eigenvalue weighted by Gasteiger charge is -2.12. The van der Waals surface area contributed by atoms with Crippen LogP contribution in [0, 0.1) is 0 Å². The maximum atomic E-state index is 5.76. The Labute approximate surface area is 102 Å². The maximum absolute atomic E-state index is 5.76. The quantitative estimate of drug-likeness (QED) is 0.810. The van der Waals surface area contributed by atoms with E-state index < -0.39 is 0 Å². The zero-order valence-corrected chi connectivity index (χ0v) is 10.2. The van der Waals surface area contributed by atoms with Crippen molar-refractivity contribution in [3.63, 3.8) is 0 Å². The molecule has 3 N–H and O–H groups in total. The summed E-state index contributed by atoms with van der Waals surface area (Å²) in [6.07, 6.45) is 0.800. The Balaban J connectivity index is 1.80. The first-order valence-electron chi connectivity index (χ1n) is 6.05. The van der Waals surface area contributed by atoms with Crippen LogP contribution in [0.2, 0.25) is 0 Å². The normalized spacial score (nSPS) is 18.2. The van der Waals surface area contributed by atoms with Gasteiger partial charge in [0.05, 0.1) is 19.8 Å². The lowest BCUT2D eigenvalue weighted by Crippen LogP contribution is -2.20. The third kappa shape index (κ3) is 4.00. The van der Waals surface area contributed by atoms with Crippen LogP contribution in [0.15, 0.2) is 24.3 Å². The van der Waals surface area contributed by atoms with Crippen LogP contribution in [-0.2, 0) is 15.9 Å². The monoisotopic (exact) mass is 236 g/mol. The van der Waals surface area contributed by atoms with E-state index in [1.165, 1.54) is 5.56 Å². The van der Waals surface area contributed by atoms with Crippen molar-refractivity contribution >= 4 is 5.69 Å². The van der Waals surface area contributed by atoms with Crippen LogP contribution in [0.3, 0.4) is 0 Å². The summed E-state index contributed by atoms with van der Waals surface area (Å²) in [6.45, 7) is 4.09. The van der Waals surface area contributed by atoms with E-state index in [1.807, 2.05) is 6.92 Å². The fourth-order valence-electron chi connectivity index (χ4n) is 1.86. The maximum Gasteiger partial charge on any atom is 0.174 e. The first-order valence-corrected chi connectivity index (χ1v) is 6.05. The number of rotatable bonds is 5. The smallest absolute Gasteiger partial charge is 0.174 e. The van der Waals surface area contributed by atoms with E-state index in [-0.39, 0.29) is 12.3 Å². The van der Waals surface area contributed by atoms with Gasteiger partial charge in [-0.2, -0.15) is 0 Å². The largest absolute Gasteiger partial charge is 0.380 e. The SMILES string of the molecule is CC(N)Cc1ccc(NCC2OCCO2)cc1. The van der Waals surface area contributed by atoms with Crippen LogP contribution < -0.4 is 11.1 Å². The predicted octanol–water partition coefficient (Wildman–Crippen LogP) is 1.36. The average Bonchev–Trinajstić information content (AvgIpc) is 2.80. The Kier molecular flexibility index (Phi) is 4.36. The molecule has 0 aliphatic carbocycles. The lowest BCUT2D eigenvalue weighted by molar-refractivity contribution is -0.0299. The summed E-state index contributed by atoms with van der Waals surface area (Å²) in [7, 11) is 0. The van der Waals surface area contributed by atoms with Gasteiger partial charge in [-0.3, -0.25) is 0 Å². The highest BCUT2D eigenvalue weighted by Crippen LogP contribution is 2.12. The standard InChI is InChI=1S/C13H20N2O2/c1-10(14)8-11-2-4-12(5-3-11)15-9-13-16-6-7-17-13/h2-5,10,13,15H,6-9,14H2,1H3. The molecule has 94 valence electrons. The second-order valence-electron chi connectivity index (χ2n) is 4.43. The second kappa shape index (κ2) is 6.00. The molecule has 1 unspecified atom stereocenters. The Hall–Kier alpha value is -1.10. The van der Waals surface area contributed by atoms with E-state index in [1.54, 1.807) is 0 Å². The minimum absolute atomic E-state index is 0.112. The van der Waals surface area contributed by atoms with Crippen LogP contribution >= 0.6 is 0 Å². The van der Waals surface area contributed by atoms with Gasteiger partial charge in [-0.25, -0.2) is 0 Å². The molecule has 4 heteroatoms. The van der Waals surface area contributed by atoms with Gasteiger partial charge < -0.3 is 20.5 Å². The van der Waals surface area contributed by atoms with E-state index in [2.05, 4.69) is 29.6 Å². The van der Waals surface area contributed by atoms with Gasteiger partial charge in [0.15, 0.2) is 6.29 Å². The van der Waals surface area contributed by atoms with Gasteiger partial charge in [0.1, 0.15) is 0 Å². The van der Waals surface area contributed by atoms with Crippen molar-refractivity contribution in [1.29, 1.82) is 0 Å². The van der Waals surface area contributed by atoms with Crippen LogP contribution in [0.1, 0.15) is 12.5 Å². The van der Waals surface area contributed by atoms with Crippen molar-refractivity contribution in [2.24, 2.45) is 5.73 Å². The van der Waals surface area contributed by atoms with Crippen molar-refractivity contribution in [3.05, 3.63) is 29.8 Å². The van der Waals surface area contributed by atoms with Crippen LogP contribution in [-0.4, -0.2) is 32.1 Å². The van der Waals surface area contributed by atoms with E-state index in [4.69, 9.17) is 15.2 Å². The molecule has 0 spiro atoms. The third-order valence-electron chi connectivity index (χ3n) is 2.68. The highest BCUT2D eigenvalue weighted by Gasteiger charge is 2.14. The molecule has 0 saturated carbocycles. The molecule has 1 aromatic carbocycles.